The molecule has 2 aromatic rings. The Bertz CT molecular complexity index is 681. The maximum Gasteiger partial charge on any atom is 0.124 e. The highest BCUT2D eigenvalue weighted by Crippen LogP contribution is 2.20. The van der Waals surface area contributed by atoms with Crippen molar-refractivity contribution in [1.82, 2.24) is 0 Å². The van der Waals surface area contributed by atoms with Crippen LogP contribution in [0.3, 0.4) is 0 Å². The van der Waals surface area contributed by atoms with Crippen molar-refractivity contribution in [3.8, 4) is 17.2 Å². The van der Waals surface area contributed by atoms with E-state index in [1.165, 1.54) is 24.4 Å². The standard InChI is InChI=1S/C17H18N2O3/c20-15-6-7-17(22)14(10-15)12-19-9-3-8-18-11-13-4-1-2-5-16(13)21/h1-2,4-7,10-12,20-22H,3,8-9H2. The van der Waals surface area contributed by atoms with Crippen molar-refractivity contribution in [2.45, 2.75) is 6.42 Å². The lowest BCUT2D eigenvalue weighted by molar-refractivity contribution is 0.459. The average molecular weight is 298 g/mol. The van der Waals surface area contributed by atoms with Crippen LogP contribution in [-0.2, 0) is 0 Å². The molecule has 5 heteroatoms. The number of benzene rings is 2. The summed E-state index contributed by atoms with van der Waals surface area (Å²) in [6.45, 7) is 1.16. The highest BCUT2D eigenvalue weighted by Gasteiger charge is 1.98. The van der Waals surface area contributed by atoms with Crippen molar-refractivity contribution in [1.29, 1.82) is 0 Å². The first-order valence-corrected chi connectivity index (χ1v) is 6.96. The van der Waals surface area contributed by atoms with Crippen molar-refractivity contribution in [3.63, 3.8) is 0 Å². The van der Waals surface area contributed by atoms with Gasteiger partial charge in [-0.05, 0) is 36.8 Å². The molecule has 3 N–H and O–H groups in total. The number of hydrogen-bond donors (Lipinski definition) is 3. The quantitative estimate of drug-likeness (QED) is 0.435. The van der Waals surface area contributed by atoms with E-state index in [9.17, 15) is 15.3 Å². The Labute approximate surface area is 128 Å². The van der Waals surface area contributed by atoms with Crippen LogP contribution in [0.1, 0.15) is 17.5 Å². The van der Waals surface area contributed by atoms with Gasteiger partial charge in [0.15, 0.2) is 0 Å². The zero-order valence-corrected chi connectivity index (χ0v) is 12.1. The van der Waals surface area contributed by atoms with E-state index in [0.29, 0.717) is 24.2 Å². The van der Waals surface area contributed by atoms with Gasteiger partial charge in [0, 0.05) is 36.6 Å². The summed E-state index contributed by atoms with van der Waals surface area (Å²) in [5, 5.41) is 28.5. The van der Waals surface area contributed by atoms with Crippen LogP contribution in [0, 0.1) is 0 Å². The van der Waals surface area contributed by atoms with Crippen LogP contribution in [0.25, 0.3) is 0 Å². The molecule has 0 aliphatic carbocycles. The second-order valence-electron chi connectivity index (χ2n) is 4.73. The van der Waals surface area contributed by atoms with Gasteiger partial charge >= 0.3 is 0 Å². The number of rotatable bonds is 6. The molecule has 0 unspecified atom stereocenters. The molecule has 0 bridgehead atoms. The van der Waals surface area contributed by atoms with Crippen molar-refractivity contribution < 1.29 is 15.3 Å². The molecule has 0 aliphatic rings. The Morgan fingerprint density at radius 1 is 0.773 bits per heavy atom. The molecule has 5 nitrogen and oxygen atoms in total. The molecular formula is C17H18N2O3. The van der Waals surface area contributed by atoms with Gasteiger partial charge in [0.05, 0.1) is 0 Å². The number of aromatic hydroxyl groups is 3. The Morgan fingerprint density at radius 3 is 2.14 bits per heavy atom. The van der Waals surface area contributed by atoms with Gasteiger partial charge < -0.3 is 15.3 Å². The molecule has 0 aliphatic heterocycles. The van der Waals surface area contributed by atoms with E-state index in [1.807, 2.05) is 6.07 Å². The highest BCUT2D eigenvalue weighted by atomic mass is 16.3. The van der Waals surface area contributed by atoms with Crippen LogP contribution in [-0.4, -0.2) is 40.8 Å². The highest BCUT2D eigenvalue weighted by molar-refractivity contribution is 5.84. The van der Waals surface area contributed by atoms with Gasteiger partial charge in [0.1, 0.15) is 17.2 Å². The lowest BCUT2D eigenvalue weighted by Crippen LogP contribution is -1.90. The van der Waals surface area contributed by atoms with Gasteiger partial charge in [0.2, 0.25) is 0 Å². The Balaban J connectivity index is 1.76. The predicted molar refractivity (Wildman–Crippen MR) is 87.4 cm³/mol. The van der Waals surface area contributed by atoms with Gasteiger partial charge in [-0.25, -0.2) is 0 Å². The molecule has 0 spiro atoms. The maximum atomic E-state index is 9.58. The first-order chi connectivity index (χ1) is 10.7. The second-order valence-corrected chi connectivity index (χ2v) is 4.73. The Hall–Kier alpha value is -2.82. The molecule has 0 radical (unpaired) electrons. The topological polar surface area (TPSA) is 85.4 Å². The lowest BCUT2D eigenvalue weighted by Gasteiger charge is -1.99. The summed E-state index contributed by atoms with van der Waals surface area (Å²) in [5.41, 5.74) is 1.17. The number of phenols is 3. The summed E-state index contributed by atoms with van der Waals surface area (Å²) in [4.78, 5) is 8.42. The molecule has 2 rings (SSSR count). The van der Waals surface area contributed by atoms with Crippen LogP contribution < -0.4 is 0 Å². The van der Waals surface area contributed by atoms with Crippen LogP contribution in [0.4, 0.5) is 0 Å². The molecule has 0 saturated heterocycles. The molecular weight excluding hydrogens is 280 g/mol. The van der Waals surface area contributed by atoms with E-state index < -0.39 is 0 Å². The average Bonchev–Trinajstić information content (AvgIpc) is 2.51. The first kappa shape index (κ1) is 15.6. The third-order valence-corrected chi connectivity index (χ3v) is 2.98. The van der Waals surface area contributed by atoms with E-state index >= 15 is 0 Å². The summed E-state index contributed by atoms with van der Waals surface area (Å²) in [6, 6.07) is 11.3. The lowest BCUT2D eigenvalue weighted by atomic mass is 10.2. The van der Waals surface area contributed by atoms with Gasteiger partial charge in [-0.2, -0.15) is 0 Å². The van der Waals surface area contributed by atoms with E-state index in [4.69, 9.17) is 0 Å². The molecule has 0 atom stereocenters. The van der Waals surface area contributed by atoms with Gasteiger partial charge in [-0.3, -0.25) is 9.98 Å². The van der Waals surface area contributed by atoms with Crippen LogP contribution in [0.15, 0.2) is 52.4 Å². The molecule has 22 heavy (non-hydrogen) atoms. The number of aliphatic imine (C=N–C) groups is 2. The minimum Gasteiger partial charge on any atom is -0.508 e. The van der Waals surface area contributed by atoms with Crippen LogP contribution >= 0.6 is 0 Å². The molecule has 0 fully saturated rings. The molecule has 2 aromatic carbocycles. The zero-order valence-electron chi connectivity index (χ0n) is 12.1. The number of hydrogen-bond acceptors (Lipinski definition) is 5. The predicted octanol–water partition coefficient (Wildman–Crippen LogP) is 2.73. The molecule has 0 saturated carbocycles. The molecule has 0 heterocycles. The van der Waals surface area contributed by atoms with Crippen LogP contribution in [0.5, 0.6) is 17.2 Å². The first-order valence-electron chi connectivity index (χ1n) is 6.96. The van der Waals surface area contributed by atoms with E-state index in [2.05, 4.69) is 9.98 Å². The fourth-order valence-corrected chi connectivity index (χ4v) is 1.82. The fraction of sp³-hybridized carbons (Fsp3) is 0.176. The number of nitrogens with zero attached hydrogens (tertiary/aromatic N) is 2. The summed E-state index contributed by atoms with van der Waals surface area (Å²) >= 11 is 0. The maximum absolute atomic E-state index is 9.58. The Morgan fingerprint density at radius 2 is 1.41 bits per heavy atom. The van der Waals surface area contributed by atoms with Crippen molar-refractivity contribution in [3.05, 3.63) is 53.6 Å². The minimum absolute atomic E-state index is 0.0825. The van der Waals surface area contributed by atoms with Crippen molar-refractivity contribution >= 4 is 12.4 Å². The summed E-state index contributed by atoms with van der Waals surface area (Å²) in [7, 11) is 0. The third kappa shape index (κ3) is 4.63. The largest absolute Gasteiger partial charge is 0.508 e. The van der Waals surface area contributed by atoms with Crippen molar-refractivity contribution in [2.75, 3.05) is 13.1 Å². The van der Waals surface area contributed by atoms with E-state index in [0.717, 1.165) is 6.42 Å². The van der Waals surface area contributed by atoms with Crippen LogP contribution in [0.2, 0.25) is 0 Å². The SMILES string of the molecule is Oc1ccc(O)c(C=NCCCN=Cc2ccccc2O)c1. The molecule has 0 aromatic heterocycles. The fourth-order valence-electron chi connectivity index (χ4n) is 1.82. The third-order valence-electron chi connectivity index (χ3n) is 2.98. The minimum atomic E-state index is 0.0825. The van der Waals surface area contributed by atoms with E-state index in [-0.39, 0.29) is 17.2 Å². The number of phenolic OH excluding ortho intramolecular Hbond substituents is 3. The molecule has 114 valence electrons. The summed E-state index contributed by atoms with van der Waals surface area (Å²) in [6.07, 6.45) is 3.92. The zero-order chi connectivity index (χ0) is 15.8. The summed E-state index contributed by atoms with van der Waals surface area (Å²) in [5.74, 6) is 0.384. The van der Waals surface area contributed by atoms with E-state index in [1.54, 1.807) is 24.4 Å². The number of para-hydroxylation sites is 1. The van der Waals surface area contributed by atoms with Gasteiger partial charge in [-0.15, -0.1) is 0 Å². The second kappa shape index (κ2) is 7.83. The van der Waals surface area contributed by atoms with Gasteiger partial charge in [-0.1, -0.05) is 12.1 Å². The van der Waals surface area contributed by atoms with Crippen molar-refractivity contribution in [2.24, 2.45) is 9.98 Å². The molecule has 0 amide bonds. The monoisotopic (exact) mass is 298 g/mol. The van der Waals surface area contributed by atoms with Gasteiger partial charge in [0.25, 0.3) is 0 Å². The normalized spacial score (nSPS) is 11.5. The smallest absolute Gasteiger partial charge is 0.124 e. The summed E-state index contributed by atoms with van der Waals surface area (Å²) < 4.78 is 0. The Kier molecular flexibility index (Phi) is 5.54.